The highest BCUT2D eigenvalue weighted by molar-refractivity contribution is 5.29. The molecule has 1 atom stereocenters. The molecule has 0 saturated heterocycles. The molecule has 3 nitrogen and oxygen atoms in total. The van der Waals surface area contributed by atoms with Crippen molar-refractivity contribution in [3.05, 3.63) is 65.2 Å². The van der Waals surface area contributed by atoms with Gasteiger partial charge in [-0.2, -0.15) is 5.26 Å². The lowest BCUT2D eigenvalue weighted by molar-refractivity contribution is 0.312. The van der Waals surface area contributed by atoms with Gasteiger partial charge >= 0.3 is 0 Å². The summed E-state index contributed by atoms with van der Waals surface area (Å²) in [4.78, 5) is 0. The fourth-order valence-corrected chi connectivity index (χ4v) is 2.33. The van der Waals surface area contributed by atoms with Gasteiger partial charge in [0.1, 0.15) is 5.75 Å². The third-order valence-corrected chi connectivity index (χ3v) is 3.79. The SMILES string of the molecule is Cc1ccc(C(C)NCc2cccc(OCCCC#N)c2)cc1. The molecule has 3 heteroatoms. The first kappa shape index (κ1) is 17.1. The fraction of sp³-hybridized carbons (Fsp3) is 0.350. The van der Waals surface area contributed by atoms with Gasteiger partial charge in [-0.25, -0.2) is 0 Å². The topological polar surface area (TPSA) is 45.0 Å². The van der Waals surface area contributed by atoms with Crippen molar-refractivity contribution in [2.75, 3.05) is 6.61 Å². The van der Waals surface area contributed by atoms with Gasteiger partial charge in [0, 0.05) is 19.0 Å². The van der Waals surface area contributed by atoms with Gasteiger partial charge in [0.2, 0.25) is 0 Å². The van der Waals surface area contributed by atoms with Crippen molar-refractivity contribution in [3.8, 4) is 11.8 Å². The summed E-state index contributed by atoms with van der Waals surface area (Å²) in [6.07, 6.45) is 1.30. The summed E-state index contributed by atoms with van der Waals surface area (Å²) in [5.41, 5.74) is 3.77. The Morgan fingerprint density at radius 2 is 1.96 bits per heavy atom. The van der Waals surface area contributed by atoms with Crippen molar-refractivity contribution in [2.24, 2.45) is 0 Å². The molecule has 2 rings (SSSR count). The molecular weight excluding hydrogens is 284 g/mol. The van der Waals surface area contributed by atoms with Crippen LogP contribution in [0.4, 0.5) is 0 Å². The zero-order valence-corrected chi connectivity index (χ0v) is 13.9. The molecule has 0 saturated carbocycles. The van der Waals surface area contributed by atoms with E-state index in [0.717, 1.165) is 18.7 Å². The van der Waals surface area contributed by atoms with E-state index in [0.29, 0.717) is 19.1 Å². The van der Waals surface area contributed by atoms with Gasteiger partial charge < -0.3 is 10.1 Å². The van der Waals surface area contributed by atoms with Crippen LogP contribution in [-0.2, 0) is 6.54 Å². The molecule has 0 aromatic heterocycles. The molecule has 0 bridgehead atoms. The van der Waals surface area contributed by atoms with Crippen LogP contribution in [0, 0.1) is 18.3 Å². The van der Waals surface area contributed by atoms with Crippen LogP contribution in [-0.4, -0.2) is 6.61 Å². The molecule has 1 N–H and O–H groups in total. The standard InChI is InChI=1S/C20H24N2O/c1-16-8-10-19(11-9-16)17(2)22-15-18-6-5-7-20(14-18)23-13-4-3-12-21/h5-11,14,17,22H,3-4,13,15H2,1-2H3. The van der Waals surface area contributed by atoms with Crippen molar-refractivity contribution in [1.82, 2.24) is 5.32 Å². The number of nitriles is 1. The van der Waals surface area contributed by atoms with E-state index in [4.69, 9.17) is 10.00 Å². The number of rotatable bonds is 8. The molecule has 0 aliphatic carbocycles. The molecular formula is C20H24N2O. The average Bonchev–Trinajstić information content (AvgIpc) is 2.58. The second-order valence-corrected chi connectivity index (χ2v) is 5.77. The number of nitrogens with zero attached hydrogens (tertiary/aromatic N) is 1. The Morgan fingerprint density at radius 1 is 1.17 bits per heavy atom. The van der Waals surface area contributed by atoms with E-state index in [-0.39, 0.29) is 0 Å². The summed E-state index contributed by atoms with van der Waals surface area (Å²) in [6.45, 7) is 5.66. The lowest BCUT2D eigenvalue weighted by Gasteiger charge is -2.15. The number of unbranched alkanes of at least 4 members (excludes halogenated alkanes) is 1. The molecule has 2 aromatic carbocycles. The molecule has 0 heterocycles. The quantitative estimate of drug-likeness (QED) is 0.729. The largest absolute Gasteiger partial charge is 0.494 e. The van der Waals surface area contributed by atoms with Gasteiger partial charge in [-0.1, -0.05) is 42.0 Å². The van der Waals surface area contributed by atoms with Crippen LogP contribution in [0.3, 0.4) is 0 Å². The normalized spacial score (nSPS) is 11.7. The Labute approximate surface area is 138 Å². The highest BCUT2D eigenvalue weighted by Gasteiger charge is 2.05. The van der Waals surface area contributed by atoms with Crippen LogP contribution in [0.2, 0.25) is 0 Å². The fourth-order valence-electron chi connectivity index (χ4n) is 2.33. The third kappa shape index (κ3) is 5.77. The summed E-state index contributed by atoms with van der Waals surface area (Å²) in [7, 11) is 0. The highest BCUT2D eigenvalue weighted by atomic mass is 16.5. The van der Waals surface area contributed by atoms with Crippen LogP contribution in [0.15, 0.2) is 48.5 Å². The van der Waals surface area contributed by atoms with Crippen LogP contribution >= 0.6 is 0 Å². The molecule has 0 amide bonds. The maximum absolute atomic E-state index is 8.52. The summed E-state index contributed by atoms with van der Waals surface area (Å²) in [5.74, 6) is 0.866. The Bertz CT molecular complexity index is 643. The van der Waals surface area contributed by atoms with Gasteiger partial charge in [0.05, 0.1) is 12.7 Å². The number of nitrogens with one attached hydrogen (secondary N) is 1. The summed E-state index contributed by atoms with van der Waals surface area (Å²) >= 11 is 0. The molecule has 1 unspecified atom stereocenters. The van der Waals surface area contributed by atoms with Crippen molar-refractivity contribution >= 4 is 0 Å². The third-order valence-electron chi connectivity index (χ3n) is 3.79. The molecule has 0 aliphatic rings. The van der Waals surface area contributed by atoms with Crippen molar-refractivity contribution in [2.45, 2.75) is 39.3 Å². The number of hydrogen-bond acceptors (Lipinski definition) is 3. The number of benzene rings is 2. The number of ether oxygens (including phenoxy) is 1. The molecule has 0 aliphatic heterocycles. The van der Waals surface area contributed by atoms with E-state index < -0.39 is 0 Å². The minimum Gasteiger partial charge on any atom is -0.494 e. The van der Waals surface area contributed by atoms with Crippen molar-refractivity contribution < 1.29 is 4.74 Å². The first-order valence-electron chi connectivity index (χ1n) is 8.07. The van der Waals surface area contributed by atoms with Gasteiger partial charge in [-0.05, 0) is 43.5 Å². The summed E-state index contributed by atoms with van der Waals surface area (Å²) in [6, 6.07) is 19.2. The van der Waals surface area contributed by atoms with Crippen molar-refractivity contribution in [1.29, 1.82) is 5.26 Å². The molecule has 23 heavy (non-hydrogen) atoms. The second kappa shape index (κ2) is 8.97. The predicted octanol–water partition coefficient (Wildman–Crippen LogP) is 4.53. The Morgan fingerprint density at radius 3 is 2.70 bits per heavy atom. The first-order valence-corrected chi connectivity index (χ1v) is 8.07. The number of aryl methyl sites for hydroxylation is 1. The lowest BCUT2D eigenvalue weighted by atomic mass is 10.1. The first-order chi connectivity index (χ1) is 11.2. The van der Waals surface area contributed by atoms with E-state index in [9.17, 15) is 0 Å². The summed E-state index contributed by atoms with van der Waals surface area (Å²) < 4.78 is 5.67. The van der Waals surface area contributed by atoms with Crippen LogP contribution in [0.5, 0.6) is 5.75 Å². The lowest BCUT2D eigenvalue weighted by Crippen LogP contribution is -2.18. The zero-order valence-electron chi connectivity index (χ0n) is 13.9. The van der Waals surface area contributed by atoms with Crippen LogP contribution in [0.1, 0.15) is 42.5 Å². The van der Waals surface area contributed by atoms with E-state index >= 15 is 0 Å². The maximum atomic E-state index is 8.52. The average molecular weight is 308 g/mol. The highest BCUT2D eigenvalue weighted by Crippen LogP contribution is 2.17. The van der Waals surface area contributed by atoms with Gasteiger partial charge in [-0.3, -0.25) is 0 Å². The molecule has 120 valence electrons. The molecule has 0 spiro atoms. The van der Waals surface area contributed by atoms with Gasteiger partial charge in [-0.15, -0.1) is 0 Å². The minimum absolute atomic E-state index is 0.302. The van der Waals surface area contributed by atoms with Crippen LogP contribution in [0.25, 0.3) is 0 Å². The Balaban J connectivity index is 1.85. The van der Waals surface area contributed by atoms with E-state index in [1.165, 1.54) is 16.7 Å². The molecule has 2 aromatic rings. The molecule has 0 radical (unpaired) electrons. The Hall–Kier alpha value is -2.31. The minimum atomic E-state index is 0.302. The smallest absolute Gasteiger partial charge is 0.119 e. The number of hydrogen-bond donors (Lipinski definition) is 1. The molecule has 0 fully saturated rings. The monoisotopic (exact) mass is 308 g/mol. The van der Waals surface area contributed by atoms with Crippen molar-refractivity contribution in [3.63, 3.8) is 0 Å². The Kier molecular flexibility index (Phi) is 6.65. The van der Waals surface area contributed by atoms with Gasteiger partial charge in [0.25, 0.3) is 0 Å². The van der Waals surface area contributed by atoms with E-state index in [2.05, 4.69) is 61.6 Å². The second-order valence-electron chi connectivity index (χ2n) is 5.77. The van der Waals surface area contributed by atoms with E-state index in [1.54, 1.807) is 0 Å². The summed E-state index contributed by atoms with van der Waals surface area (Å²) in [5, 5.41) is 12.1. The zero-order chi connectivity index (χ0) is 16.5. The van der Waals surface area contributed by atoms with Crippen LogP contribution < -0.4 is 10.1 Å². The predicted molar refractivity (Wildman–Crippen MR) is 93.2 cm³/mol. The van der Waals surface area contributed by atoms with E-state index in [1.807, 2.05) is 12.1 Å². The maximum Gasteiger partial charge on any atom is 0.119 e. The van der Waals surface area contributed by atoms with Gasteiger partial charge in [0.15, 0.2) is 0 Å².